The predicted molar refractivity (Wildman–Crippen MR) is 101 cm³/mol. The third-order valence-electron chi connectivity index (χ3n) is 3.51. The highest BCUT2D eigenvalue weighted by Crippen LogP contribution is 2.21. The van der Waals surface area contributed by atoms with Gasteiger partial charge in [-0.1, -0.05) is 54.0 Å². The number of rotatable bonds is 6. The number of halogens is 1. The van der Waals surface area contributed by atoms with Crippen LogP contribution in [0.25, 0.3) is 0 Å². The molecule has 0 aliphatic carbocycles. The van der Waals surface area contributed by atoms with E-state index in [4.69, 9.17) is 4.74 Å². The Balaban J connectivity index is 1.80. The van der Waals surface area contributed by atoms with Crippen LogP contribution >= 0.6 is 15.9 Å². The minimum absolute atomic E-state index is 0.0787. The molecule has 2 aromatic carbocycles. The summed E-state index contributed by atoms with van der Waals surface area (Å²) < 4.78 is 6.45. The Morgan fingerprint density at radius 3 is 2.58 bits per heavy atom. The summed E-state index contributed by atoms with van der Waals surface area (Å²) in [5.41, 5.74) is 5.72. The number of hydrazone groups is 1. The van der Waals surface area contributed by atoms with Crippen LogP contribution in [0.15, 0.2) is 52.0 Å². The monoisotopic (exact) mass is 388 g/mol. The van der Waals surface area contributed by atoms with Crippen LogP contribution in [0.4, 0.5) is 0 Å². The number of nitrogens with zero attached hydrogens (tertiary/aromatic N) is 1. The largest absolute Gasteiger partial charge is 0.484 e. The molecule has 5 heteroatoms. The van der Waals surface area contributed by atoms with Gasteiger partial charge in [0.2, 0.25) is 0 Å². The van der Waals surface area contributed by atoms with Gasteiger partial charge >= 0.3 is 0 Å². The van der Waals surface area contributed by atoms with Crippen LogP contribution in [-0.2, 0) is 4.79 Å². The predicted octanol–water partition coefficient (Wildman–Crippen LogP) is 4.41. The molecule has 0 aromatic heterocycles. The van der Waals surface area contributed by atoms with Gasteiger partial charge in [0.25, 0.3) is 5.91 Å². The number of nitrogens with one attached hydrogen (secondary N) is 1. The van der Waals surface area contributed by atoms with E-state index in [1.807, 2.05) is 37.3 Å². The third kappa shape index (κ3) is 5.49. The van der Waals surface area contributed by atoms with E-state index in [0.717, 1.165) is 15.6 Å². The van der Waals surface area contributed by atoms with Crippen molar-refractivity contribution in [1.82, 2.24) is 5.43 Å². The highest BCUT2D eigenvalue weighted by molar-refractivity contribution is 9.10. The molecular formula is C19H21BrN2O2. The Labute approximate surface area is 151 Å². The van der Waals surface area contributed by atoms with Gasteiger partial charge in [-0.05, 0) is 47.7 Å². The second-order valence-electron chi connectivity index (χ2n) is 5.81. The van der Waals surface area contributed by atoms with Gasteiger partial charge in [0.15, 0.2) is 6.61 Å². The highest BCUT2D eigenvalue weighted by atomic mass is 79.9. The van der Waals surface area contributed by atoms with Crippen molar-refractivity contribution in [2.24, 2.45) is 5.10 Å². The van der Waals surface area contributed by atoms with Crippen molar-refractivity contribution in [1.29, 1.82) is 0 Å². The first kappa shape index (κ1) is 18.2. The number of hydrogen-bond donors (Lipinski definition) is 1. The molecule has 24 heavy (non-hydrogen) atoms. The Hall–Kier alpha value is -2.14. The first-order chi connectivity index (χ1) is 11.5. The Bertz CT molecular complexity index is 725. The van der Waals surface area contributed by atoms with Crippen LogP contribution < -0.4 is 10.2 Å². The number of ether oxygens (including phenoxy) is 1. The number of aryl methyl sites for hydroxylation is 1. The number of hydrogen-bond acceptors (Lipinski definition) is 3. The average Bonchev–Trinajstić information content (AvgIpc) is 2.56. The van der Waals surface area contributed by atoms with Gasteiger partial charge in [-0.3, -0.25) is 4.79 Å². The summed E-state index contributed by atoms with van der Waals surface area (Å²) in [5, 5.41) is 3.95. The summed E-state index contributed by atoms with van der Waals surface area (Å²) in [6, 6.07) is 13.7. The van der Waals surface area contributed by atoms with Gasteiger partial charge in [0.1, 0.15) is 5.75 Å². The average molecular weight is 389 g/mol. The molecule has 126 valence electrons. The molecule has 0 saturated carbocycles. The van der Waals surface area contributed by atoms with Crippen LogP contribution in [-0.4, -0.2) is 18.7 Å². The SMILES string of the molecule is Cc1cc(OCC(=O)N/N=C/c2ccc(C(C)C)cc2)ccc1Br. The molecule has 0 aliphatic rings. The zero-order chi connectivity index (χ0) is 17.5. The Kier molecular flexibility index (Phi) is 6.55. The van der Waals surface area contributed by atoms with E-state index in [2.05, 4.69) is 52.4 Å². The summed E-state index contributed by atoms with van der Waals surface area (Å²) in [6.07, 6.45) is 1.62. The van der Waals surface area contributed by atoms with Crippen molar-refractivity contribution < 1.29 is 9.53 Å². The van der Waals surface area contributed by atoms with E-state index in [9.17, 15) is 4.79 Å². The lowest BCUT2D eigenvalue weighted by Crippen LogP contribution is -2.24. The fourth-order valence-corrected chi connectivity index (χ4v) is 2.28. The summed E-state index contributed by atoms with van der Waals surface area (Å²) in [5.74, 6) is 0.847. The van der Waals surface area contributed by atoms with Gasteiger partial charge in [-0.15, -0.1) is 0 Å². The van der Waals surface area contributed by atoms with Crippen molar-refractivity contribution in [3.8, 4) is 5.75 Å². The molecule has 0 aliphatic heterocycles. The van der Waals surface area contributed by atoms with Gasteiger partial charge in [-0.25, -0.2) is 5.43 Å². The topological polar surface area (TPSA) is 50.7 Å². The number of benzene rings is 2. The molecule has 4 nitrogen and oxygen atoms in total. The van der Waals surface area contributed by atoms with Gasteiger partial charge in [0, 0.05) is 4.47 Å². The smallest absolute Gasteiger partial charge is 0.277 e. The third-order valence-corrected chi connectivity index (χ3v) is 4.40. The van der Waals surface area contributed by atoms with Crippen molar-refractivity contribution in [2.45, 2.75) is 26.7 Å². The van der Waals surface area contributed by atoms with E-state index >= 15 is 0 Å². The van der Waals surface area contributed by atoms with Crippen LogP contribution in [0.1, 0.15) is 36.5 Å². The molecule has 1 amide bonds. The summed E-state index contributed by atoms with van der Waals surface area (Å²) >= 11 is 3.42. The summed E-state index contributed by atoms with van der Waals surface area (Å²) in [7, 11) is 0. The minimum atomic E-state index is -0.300. The molecule has 2 aromatic rings. The van der Waals surface area contributed by atoms with Gasteiger partial charge in [0.05, 0.1) is 6.21 Å². The van der Waals surface area contributed by atoms with E-state index in [-0.39, 0.29) is 12.5 Å². The second-order valence-corrected chi connectivity index (χ2v) is 6.67. The maximum Gasteiger partial charge on any atom is 0.277 e. The van der Waals surface area contributed by atoms with Crippen LogP contribution in [0.2, 0.25) is 0 Å². The van der Waals surface area contributed by atoms with Crippen molar-refractivity contribution in [3.63, 3.8) is 0 Å². The molecule has 0 saturated heterocycles. The lowest BCUT2D eigenvalue weighted by Gasteiger charge is -2.07. The fourth-order valence-electron chi connectivity index (χ4n) is 2.03. The maximum absolute atomic E-state index is 11.7. The van der Waals surface area contributed by atoms with E-state index in [1.165, 1.54) is 5.56 Å². The highest BCUT2D eigenvalue weighted by Gasteiger charge is 2.03. The zero-order valence-corrected chi connectivity index (χ0v) is 15.6. The van der Waals surface area contributed by atoms with E-state index < -0.39 is 0 Å². The molecular weight excluding hydrogens is 368 g/mol. The van der Waals surface area contributed by atoms with Crippen LogP contribution in [0, 0.1) is 6.92 Å². The maximum atomic E-state index is 11.7. The summed E-state index contributed by atoms with van der Waals surface area (Å²) in [4.78, 5) is 11.7. The molecule has 0 atom stereocenters. The molecule has 2 rings (SSSR count). The zero-order valence-electron chi connectivity index (χ0n) is 14.0. The first-order valence-corrected chi connectivity index (χ1v) is 8.56. The Morgan fingerprint density at radius 2 is 1.96 bits per heavy atom. The number of carbonyl (C=O) groups excluding carboxylic acids is 1. The number of carbonyl (C=O) groups is 1. The second kappa shape index (κ2) is 8.64. The van der Waals surface area contributed by atoms with Crippen molar-refractivity contribution >= 4 is 28.1 Å². The van der Waals surface area contributed by atoms with Gasteiger partial charge < -0.3 is 4.74 Å². The quantitative estimate of drug-likeness (QED) is 0.588. The van der Waals surface area contributed by atoms with Crippen LogP contribution in [0.3, 0.4) is 0 Å². The lowest BCUT2D eigenvalue weighted by atomic mass is 10.0. The molecule has 0 heterocycles. The normalized spacial score (nSPS) is 11.0. The molecule has 0 fully saturated rings. The van der Waals surface area contributed by atoms with E-state index in [0.29, 0.717) is 11.7 Å². The Morgan fingerprint density at radius 1 is 1.25 bits per heavy atom. The standard InChI is InChI=1S/C19H21BrN2O2/c1-13(2)16-6-4-15(5-7-16)11-21-22-19(23)12-24-17-8-9-18(20)14(3)10-17/h4-11,13H,12H2,1-3H3,(H,22,23)/b21-11+. The van der Waals surface area contributed by atoms with Crippen LogP contribution in [0.5, 0.6) is 5.75 Å². The fraction of sp³-hybridized carbons (Fsp3) is 0.263. The molecule has 0 spiro atoms. The van der Waals surface area contributed by atoms with Crippen molar-refractivity contribution in [2.75, 3.05) is 6.61 Å². The lowest BCUT2D eigenvalue weighted by molar-refractivity contribution is -0.123. The first-order valence-electron chi connectivity index (χ1n) is 7.76. The minimum Gasteiger partial charge on any atom is -0.484 e. The molecule has 0 unspecified atom stereocenters. The van der Waals surface area contributed by atoms with E-state index in [1.54, 1.807) is 6.21 Å². The molecule has 0 bridgehead atoms. The molecule has 0 radical (unpaired) electrons. The van der Waals surface area contributed by atoms with Gasteiger partial charge in [-0.2, -0.15) is 5.10 Å². The van der Waals surface area contributed by atoms with Crippen molar-refractivity contribution in [3.05, 3.63) is 63.6 Å². The molecule has 1 N–H and O–H groups in total. The number of amides is 1. The summed E-state index contributed by atoms with van der Waals surface area (Å²) in [6.45, 7) is 6.18.